The second-order valence-corrected chi connectivity index (χ2v) is 9.37. The maximum atomic E-state index is 12.4. The van der Waals surface area contributed by atoms with Gasteiger partial charge in [0.15, 0.2) is 5.82 Å². The van der Waals surface area contributed by atoms with Gasteiger partial charge in [-0.2, -0.15) is 4.31 Å². The summed E-state index contributed by atoms with van der Waals surface area (Å²) >= 11 is 13.2. The quantitative estimate of drug-likeness (QED) is 0.598. The highest BCUT2D eigenvalue weighted by Gasteiger charge is 2.21. The summed E-state index contributed by atoms with van der Waals surface area (Å²) in [5.41, 5.74) is 0.632. The normalized spacial score (nSPS) is 11.6. The molecule has 2 aromatic rings. The number of carbonyl (C=O) groups excluding carboxylic acids is 1. The summed E-state index contributed by atoms with van der Waals surface area (Å²) in [5, 5.41) is 3.86. The molecule has 0 aliphatic heterocycles. The summed E-state index contributed by atoms with van der Waals surface area (Å²) in [6.45, 7) is 6.06. The minimum atomic E-state index is -3.55. The third-order valence-corrected chi connectivity index (χ3v) is 7.68. The summed E-state index contributed by atoms with van der Waals surface area (Å²) in [6, 6.07) is 3.06. The molecule has 0 aliphatic carbocycles. The van der Waals surface area contributed by atoms with Crippen LogP contribution < -0.4 is 5.32 Å². The third kappa shape index (κ3) is 5.36. The molecule has 0 fully saturated rings. The van der Waals surface area contributed by atoms with Crippen LogP contribution in [0.3, 0.4) is 0 Å². The number of anilines is 1. The Kier molecular flexibility index (Phi) is 8.08. The Balaban J connectivity index is 2.00. The molecule has 0 aliphatic rings. The Morgan fingerprint density at radius 2 is 1.86 bits per heavy atom. The smallest absolute Gasteiger partial charge is 0.244 e. The van der Waals surface area contributed by atoms with Gasteiger partial charge in [0.25, 0.3) is 0 Å². The third-order valence-electron chi connectivity index (χ3n) is 3.86. The van der Waals surface area contributed by atoms with Gasteiger partial charge in [-0.25, -0.2) is 18.4 Å². The SMILES string of the molecule is CCN(CC)S(=O)(=O)c1ccc(SCC(=O)Nc2ncc(Cl)c(C)c2Cl)nc1. The average Bonchev–Trinajstić information content (AvgIpc) is 2.68. The van der Waals surface area contributed by atoms with Gasteiger partial charge in [0.1, 0.15) is 4.90 Å². The van der Waals surface area contributed by atoms with E-state index < -0.39 is 10.0 Å². The van der Waals surface area contributed by atoms with E-state index in [1.54, 1.807) is 26.8 Å². The average molecular weight is 463 g/mol. The number of hydrogen-bond donors (Lipinski definition) is 1. The second-order valence-electron chi connectivity index (χ2n) is 5.65. The first-order valence-electron chi connectivity index (χ1n) is 8.40. The number of nitrogens with one attached hydrogen (secondary N) is 1. The van der Waals surface area contributed by atoms with Gasteiger partial charge in [-0.1, -0.05) is 48.8 Å². The second kappa shape index (κ2) is 9.89. The molecule has 1 amide bonds. The maximum absolute atomic E-state index is 12.4. The lowest BCUT2D eigenvalue weighted by Crippen LogP contribution is -2.30. The number of pyridine rings is 2. The Morgan fingerprint density at radius 3 is 2.43 bits per heavy atom. The number of halogens is 2. The summed E-state index contributed by atoms with van der Waals surface area (Å²) < 4.78 is 26.2. The monoisotopic (exact) mass is 462 g/mol. The van der Waals surface area contributed by atoms with Crippen LogP contribution >= 0.6 is 35.0 Å². The van der Waals surface area contributed by atoms with Crippen molar-refractivity contribution in [3.63, 3.8) is 0 Å². The minimum absolute atomic E-state index is 0.0643. The molecule has 7 nitrogen and oxygen atoms in total. The molecule has 0 aromatic carbocycles. The van der Waals surface area contributed by atoms with Crippen LogP contribution in [0, 0.1) is 6.92 Å². The summed E-state index contributed by atoms with van der Waals surface area (Å²) in [7, 11) is -3.55. The Bertz CT molecular complexity index is 950. The van der Waals surface area contributed by atoms with Crippen LogP contribution in [-0.4, -0.2) is 47.4 Å². The number of hydrogen-bond acceptors (Lipinski definition) is 6. The number of sulfonamides is 1. The molecule has 2 heterocycles. The molecule has 0 atom stereocenters. The predicted octanol–water partition coefficient (Wildman–Crippen LogP) is 3.85. The minimum Gasteiger partial charge on any atom is -0.309 e. The van der Waals surface area contributed by atoms with Gasteiger partial charge in [-0.15, -0.1) is 0 Å². The van der Waals surface area contributed by atoms with Crippen molar-refractivity contribution in [1.29, 1.82) is 0 Å². The molecule has 1 N–H and O–H groups in total. The Labute approximate surface area is 178 Å². The van der Waals surface area contributed by atoms with Crippen molar-refractivity contribution in [3.8, 4) is 0 Å². The summed E-state index contributed by atoms with van der Waals surface area (Å²) in [5.74, 6) is -0.0139. The van der Waals surface area contributed by atoms with Crippen molar-refractivity contribution in [1.82, 2.24) is 14.3 Å². The van der Waals surface area contributed by atoms with Gasteiger partial charge in [-0.3, -0.25) is 4.79 Å². The van der Waals surface area contributed by atoms with Gasteiger partial charge < -0.3 is 5.32 Å². The molecule has 0 saturated heterocycles. The van der Waals surface area contributed by atoms with Crippen LogP contribution in [0.15, 0.2) is 34.4 Å². The van der Waals surface area contributed by atoms with Crippen molar-refractivity contribution in [2.45, 2.75) is 30.7 Å². The van der Waals surface area contributed by atoms with E-state index in [0.29, 0.717) is 28.7 Å². The van der Waals surface area contributed by atoms with E-state index in [1.165, 1.54) is 34.5 Å². The highest BCUT2D eigenvalue weighted by molar-refractivity contribution is 7.99. The van der Waals surface area contributed by atoms with Crippen molar-refractivity contribution in [3.05, 3.63) is 40.1 Å². The fraction of sp³-hybridized carbons (Fsp3) is 0.353. The lowest BCUT2D eigenvalue weighted by Gasteiger charge is -2.18. The summed E-state index contributed by atoms with van der Waals surface area (Å²) in [4.78, 5) is 20.4. The van der Waals surface area contributed by atoms with Crippen LogP contribution in [0.2, 0.25) is 10.0 Å². The zero-order valence-electron chi connectivity index (χ0n) is 15.6. The van der Waals surface area contributed by atoms with Crippen molar-refractivity contribution in [2.24, 2.45) is 0 Å². The van der Waals surface area contributed by atoms with Crippen LogP contribution in [0.5, 0.6) is 0 Å². The predicted molar refractivity (Wildman–Crippen MR) is 113 cm³/mol. The number of rotatable bonds is 8. The number of thioether (sulfide) groups is 1. The van der Waals surface area contributed by atoms with Gasteiger partial charge in [0.2, 0.25) is 15.9 Å². The molecule has 2 rings (SSSR count). The van der Waals surface area contributed by atoms with Crippen LogP contribution in [-0.2, 0) is 14.8 Å². The lowest BCUT2D eigenvalue weighted by atomic mass is 10.3. The van der Waals surface area contributed by atoms with E-state index >= 15 is 0 Å². The van der Waals surface area contributed by atoms with Crippen LogP contribution in [0.25, 0.3) is 0 Å². The van der Waals surface area contributed by atoms with E-state index in [-0.39, 0.29) is 27.4 Å². The molecular weight excluding hydrogens is 443 g/mol. The summed E-state index contributed by atoms with van der Waals surface area (Å²) in [6.07, 6.45) is 2.72. The molecule has 0 spiro atoms. The van der Waals surface area contributed by atoms with E-state index in [9.17, 15) is 13.2 Å². The fourth-order valence-corrected chi connectivity index (χ4v) is 4.71. The van der Waals surface area contributed by atoms with Gasteiger partial charge >= 0.3 is 0 Å². The lowest BCUT2D eigenvalue weighted by molar-refractivity contribution is -0.113. The number of nitrogens with zero attached hydrogens (tertiary/aromatic N) is 3. The first kappa shape index (κ1) is 22.9. The van der Waals surface area contributed by atoms with E-state index in [2.05, 4.69) is 15.3 Å². The Morgan fingerprint density at radius 1 is 1.18 bits per heavy atom. The largest absolute Gasteiger partial charge is 0.309 e. The zero-order chi connectivity index (χ0) is 20.9. The van der Waals surface area contributed by atoms with Gasteiger partial charge in [-0.05, 0) is 24.6 Å². The Hall–Kier alpha value is -1.39. The highest BCUT2D eigenvalue weighted by Crippen LogP contribution is 2.28. The van der Waals surface area contributed by atoms with Crippen LogP contribution in [0.1, 0.15) is 19.4 Å². The zero-order valence-corrected chi connectivity index (χ0v) is 18.7. The van der Waals surface area contributed by atoms with E-state index in [0.717, 1.165) is 0 Å². The van der Waals surface area contributed by atoms with E-state index in [1.807, 2.05) is 0 Å². The molecule has 152 valence electrons. The molecular formula is C17H20Cl2N4O3S2. The molecule has 0 saturated carbocycles. The molecule has 11 heteroatoms. The van der Waals surface area contributed by atoms with Crippen LogP contribution in [0.4, 0.5) is 5.82 Å². The van der Waals surface area contributed by atoms with E-state index in [4.69, 9.17) is 23.2 Å². The standard InChI is InChI=1S/C17H20Cl2N4O3S2/c1-4-23(5-2)28(25,26)12-6-7-15(20-8-12)27-10-14(24)22-17-16(19)11(3)13(18)9-21-17/h6-9H,4-5,10H2,1-3H3,(H,21,22,24). The number of amides is 1. The topological polar surface area (TPSA) is 92.3 Å². The molecule has 0 unspecified atom stereocenters. The first-order chi connectivity index (χ1) is 13.2. The number of aromatic nitrogens is 2. The molecule has 2 aromatic heterocycles. The fourth-order valence-electron chi connectivity index (χ4n) is 2.27. The molecule has 0 radical (unpaired) electrons. The van der Waals surface area contributed by atoms with Crippen molar-refractivity contribution in [2.75, 3.05) is 24.2 Å². The first-order valence-corrected chi connectivity index (χ1v) is 11.6. The van der Waals surface area contributed by atoms with Gasteiger partial charge in [0.05, 0.1) is 20.8 Å². The maximum Gasteiger partial charge on any atom is 0.244 e. The molecule has 28 heavy (non-hydrogen) atoms. The van der Waals surface area contributed by atoms with Gasteiger partial charge in [0, 0.05) is 25.5 Å². The van der Waals surface area contributed by atoms with Crippen molar-refractivity contribution < 1.29 is 13.2 Å². The molecule has 0 bridgehead atoms. The number of carbonyl (C=O) groups is 1. The van der Waals surface area contributed by atoms with Crippen molar-refractivity contribution >= 4 is 56.7 Å². The highest BCUT2D eigenvalue weighted by atomic mass is 35.5.